The average molecular weight is 412 g/mol. The molecule has 0 spiro atoms. The first kappa shape index (κ1) is 19.6. The van der Waals surface area contributed by atoms with Crippen molar-refractivity contribution in [1.82, 2.24) is 4.90 Å². The standard InChI is InChI=1S/C27H25NO3/c1-18-6-8-20(9-7-18)27(30)21-12-14-28(15-13-21)25(29)16-22-17-31-24-11-10-19-4-2-3-5-23(19)26(22)24/h2-11,17,21H,12-16H2,1H3. The third kappa shape index (κ3) is 3.74. The number of aryl methyl sites for hydroxylation is 1. The van der Waals surface area contributed by atoms with Gasteiger partial charge in [0, 0.05) is 35.5 Å². The number of rotatable bonds is 4. The fourth-order valence-electron chi connectivity index (χ4n) is 4.62. The minimum atomic E-state index is -0.00884. The van der Waals surface area contributed by atoms with Crippen LogP contribution in [0.5, 0.6) is 0 Å². The predicted molar refractivity (Wildman–Crippen MR) is 122 cm³/mol. The third-order valence-electron chi connectivity index (χ3n) is 6.44. The lowest BCUT2D eigenvalue weighted by Gasteiger charge is -2.31. The van der Waals surface area contributed by atoms with Gasteiger partial charge in [0.1, 0.15) is 5.58 Å². The summed E-state index contributed by atoms with van der Waals surface area (Å²) in [6.45, 7) is 3.26. The highest BCUT2D eigenvalue weighted by molar-refractivity contribution is 6.08. The maximum absolute atomic E-state index is 13.0. The lowest BCUT2D eigenvalue weighted by molar-refractivity contribution is -0.131. The van der Waals surface area contributed by atoms with E-state index in [2.05, 4.69) is 12.1 Å². The molecule has 0 unspecified atom stereocenters. The molecule has 1 aliphatic rings. The molecule has 0 saturated carbocycles. The molecule has 2 heterocycles. The molecule has 1 amide bonds. The molecular weight excluding hydrogens is 386 g/mol. The van der Waals surface area contributed by atoms with Crippen molar-refractivity contribution in [2.75, 3.05) is 13.1 Å². The summed E-state index contributed by atoms with van der Waals surface area (Å²) in [5.74, 6) is 0.279. The van der Waals surface area contributed by atoms with Crippen LogP contribution in [0.25, 0.3) is 21.7 Å². The average Bonchev–Trinajstić information content (AvgIpc) is 3.22. The third-order valence-corrected chi connectivity index (χ3v) is 6.44. The Hall–Kier alpha value is -3.40. The first-order valence-electron chi connectivity index (χ1n) is 10.9. The zero-order chi connectivity index (χ0) is 21.4. The number of furan rings is 1. The van der Waals surface area contributed by atoms with Crippen LogP contribution in [0.4, 0.5) is 0 Å². The highest BCUT2D eigenvalue weighted by Crippen LogP contribution is 2.31. The highest BCUT2D eigenvalue weighted by Gasteiger charge is 2.28. The molecule has 1 aromatic heterocycles. The summed E-state index contributed by atoms with van der Waals surface area (Å²) in [4.78, 5) is 27.7. The molecule has 4 heteroatoms. The normalized spacial score (nSPS) is 14.9. The smallest absolute Gasteiger partial charge is 0.227 e. The molecule has 1 saturated heterocycles. The minimum Gasteiger partial charge on any atom is -0.464 e. The minimum absolute atomic E-state index is 0.00884. The number of carbonyl (C=O) groups excluding carboxylic acids is 2. The van der Waals surface area contributed by atoms with E-state index in [1.807, 2.05) is 60.4 Å². The van der Waals surface area contributed by atoms with E-state index in [-0.39, 0.29) is 17.6 Å². The van der Waals surface area contributed by atoms with Gasteiger partial charge in [0.2, 0.25) is 5.91 Å². The van der Waals surface area contributed by atoms with E-state index in [0.717, 1.165) is 38.4 Å². The van der Waals surface area contributed by atoms with Crippen LogP contribution in [0.15, 0.2) is 71.3 Å². The SMILES string of the molecule is Cc1ccc(C(=O)C2CCN(C(=O)Cc3coc4ccc5ccccc5c34)CC2)cc1. The Morgan fingerprint density at radius 1 is 0.968 bits per heavy atom. The van der Waals surface area contributed by atoms with Crippen molar-refractivity contribution in [2.24, 2.45) is 5.92 Å². The zero-order valence-electron chi connectivity index (χ0n) is 17.6. The summed E-state index contributed by atoms with van der Waals surface area (Å²) >= 11 is 0. The molecule has 0 N–H and O–H groups in total. The molecule has 0 aliphatic carbocycles. The van der Waals surface area contributed by atoms with Gasteiger partial charge >= 0.3 is 0 Å². The van der Waals surface area contributed by atoms with Crippen molar-refractivity contribution >= 4 is 33.4 Å². The Morgan fingerprint density at radius 3 is 2.48 bits per heavy atom. The number of piperidine rings is 1. The molecule has 0 bridgehead atoms. The number of hydrogen-bond donors (Lipinski definition) is 0. The quantitative estimate of drug-likeness (QED) is 0.413. The topological polar surface area (TPSA) is 50.5 Å². The van der Waals surface area contributed by atoms with Crippen LogP contribution in [0.2, 0.25) is 0 Å². The van der Waals surface area contributed by atoms with Gasteiger partial charge in [0.25, 0.3) is 0 Å². The Labute approximate surface area is 181 Å². The van der Waals surface area contributed by atoms with Crippen molar-refractivity contribution in [2.45, 2.75) is 26.2 Å². The van der Waals surface area contributed by atoms with Gasteiger partial charge in [0.15, 0.2) is 5.78 Å². The summed E-state index contributed by atoms with van der Waals surface area (Å²) in [5, 5.41) is 3.27. The Bertz CT molecular complexity index is 1260. The van der Waals surface area contributed by atoms with Gasteiger partial charge in [-0.15, -0.1) is 0 Å². The Balaban J connectivity index is 1.28. The van der Waals surface area contributed by atoms with Crippen LogP contribution < -0.4 is 0 Å². The summed E-state index contributed by atoms with van der Waals surface area (Å²) in [6, 6.07) is 19.9. The molecule has 5 rings (SSSR count). The van der Waals surface area contributed by atoms with Crippen molar-refractivity contribution in [1.29, 1.82) is 0 Å². The van der Waals surface area contributed by atoms with E-state index in [9.17, 15) is 9.59 Å². The van der Waals surface area contributed by atoms with E-state index in [4.69, 9.17) is 4.42 Å². The molecule has 1 aliphatic heterocycles. The molecule has 1 fully saturated rings. The van der Waals surface area contributed by atoms with Crippen LogP contribution in [0, 0.1) is 12.8 Å². The van der Waals surface area contributed by atoms with Crippen molar-refractivity contribution < 1.29 is 14.0 Å². The molecular formula is C27H25NO3. The second-order valence-electron chi connectivity index (χ2n) is 8.48. The second kappa shape index (κ2) is 8.03. The lowest BCUT2D eigenvalue weighted by atomic mass is 9.88. The summed E-state index contributed by atoms with van der Waals surface area (Å²) in [7, 11) is 0. The number of Topliss-reactive ketones (excluding diaryl/α,β-unsaturated/α-hetero) is 1. The summed E-state index contributed by atoms with van der Waals surface area (Å²) in [6.07, 6.45) is 3.46. The highest BCUT2D eigenvalue weighted by atomic mass is 16.3. The van der Waals surface area contributed by atoms with E-state index < -0.39 is 0 Å². The number of amides is 1. The van der Waals surface area contributed by atoms with Gasteiger partial charge in [0.05, 0.1) is 12.7 Å². The van der Waals surface area contributed by atoms with Crippen LogP contribution in [0.1, 0.15) is 34.3 Å². The zero-order valence-corrected chi connectivity index (χ0v) is 17.6. The first-order valence-corrected chi connectivity index (χ1v) is 10.9. The molecule has 156 valence electrons. The number of carbonyl (C=O) groups is 2. The van der Waals surface area contributed by atoms with Crippen LogP contribution >= 0.6 is 0 Å². The van der Waals surface area contributed by atoms with Gasteiger partial charge in [-0.1, -0.05) is 60.2 Å². The Kier molecular flexibility index (Phi) is 5.06. The maximum Gasteiger partial charge on any atom is 0.227 e. The van der Waals surface area contributed by atoms with Crippen molar-refractivity contribution in [3.05, 3.63) is 83.6 Å². The number of fused-ring (bicyclic) bond motifs is 3. The Morgan fingerprint density at radius 2 is 1.71 bits per heavy atom. The fraction of sp³-hybridized carbons (Fsp3) is 0.259. The van der Waals surface area contributed by atoms with Gasteiger partial charge in [-0.2, -0.15) is 0 Å². The van der Waals surface area contributed by atoms with E-state index in [0.29, 0.717) is 32.4 Å². The maximum atomic E-state index is 13.0. The van der Waals surface area contributed by atoms with E-state index in [1.165, 1.54) is 0 Å². The van der Waals surface area contributed by atoms with Crippen LogP contribution in [-0.4, -0.2) is 29.7 Å². The monoisotopic (exact) mass is 411 g/mol. The summed E-state index contributed by atoms with van der Waals surface area (Å²) < 4.78 is 5.74. The van der Waals surface area contributed by atoms with Crippen LogP contribution in [-0.2, 0) is 11.2 Å². The first-order chi connectivity index (χ1) is 15.1. The van der Waals surface area contributed by atoms with Gasteiger partial charge in [-0.05, 0) is 36.6 Å². The molecule has 31 heavy (non-hydrogen) atoms. The lowest BCUT2D eigenvalue weighted by Crippen LogP contribution is -2.41. The van der Waals surface area contributed by atoms with E-state index in [1.54, 1.807) is 6.26 Å². The summed E-state index contributed by atoms with van der Waals surface area (Å²) in [5.41, 5.74) is 3.65. The molecule has 0 radical (unpaired) electrons. The van der Waals surface area contributed by atoms with Gasteiger partial charge in [-0.25, -0.2) is 0 Å². The van der Waals surface area contributed by atoms with Crippen molar-refractivity contribution in [3.63, 3.8) is 0 Å². The number of hydrogen-bond acceptors (Lipinski definition) is 3. The van der Waals surface area contributed by atoms with Crippen LogP contribution in [0.3, 0.4) is 0 Å². The van der Waals surface area contributed by atoms with Crippen molar-refractivity contribution in [3.8, 4) is 0 Å². The molecule has 4 nitrogen and oxygen atoms in total. The second-order valence-corrected chi connectivity index (χ2v) is 8.48. The van der Waals surface area contributed by atoms with Gasteiger partial charge in [-0.3, -0.25) is 9.59 Å². The van der Waals surface area contributed by atoms with E-state index >= 15 is 0 Å². The van der Waals surface area contributed by atoms with Gasteiger partial charge < -0.3 is 9.32 Å². The fourth-order valence-corrected chi connectivity index (χ4v) is 4.62. The number of ketones is 1. The molecule has 3 aromatic carbocycles. The number of nitrogens with zero attached hydrogens (tertiary/aromatic N) is 1. The molecule has 0 atom stereocenters. The predicted octanol–water partition coefficient (Wildman–Crippen LogP) is 5.56. The number of likely N-dealkylation sites (tertiary alicyclic amines) is 1. The number of benzene rings is 3. The molecule has 4 aromatic rings. The largest absolute Gasteiger partial charge is 0.464 e.